The molecule has 1 unspecified atom stereocenters. The average Bonchev–Trinajstić information content (AvgIpc) is 3.04. The van der Waals surface area contributed by atoms with Crippen LogP contribution < -0.4 is 14.8 Å². The smallest absolute Gasteiger partial charge is 0.341 e. The van der Waals surface area contributed by atoms with Gasteiger partial charge >= 0.3 is 5.97 Å². The quantitative estimate of drug-likeness (QED) is 0.640. The largest absolute Gasteiger partial charge is 0.486 e. The first kappa shape index (κ1) is 24.6. The molecule has 1 aliphatic rings. The molecule has 0 saturated carbocycles. The summed E-state index contributed by atoms with van der Waals surface area (Å²) in [5.41, 5.74) is 0.393. The number of rotatable bonds is 6. The van der Waals surface area contributed by atoms with Gasteiger partial charge in [0.2, 0.25) is 5.91 Å². The van der Waals surface area contributed by atoms with E-state index in [9.17, 15) is 14.4 Å². The van der Waals surface area contributed by atoms with Crippen molar-refractivity contribution in [2.45, 2.75) is 40.7 Å². The molecule has 2 aromatic rings. The molecule has 9 heteroatoms. The Morgan fingerprint density at radius 3 is 2.52 bits per heavy atom. The van der Waals surface area contributed by atoms with Gasteiger partial charge in [-0.15, -0.1) is 11.3 Å². The molecule has 0 spiro atoms. The lowest BCUT2D eigenvalue weighted by molar-refractivity contribution is -0.134. The summed E-state index contributed by atoms with van der Waals surface area (Å²) in [4.78, 5) is 40.1. The summed E-state index contributed by atoms with van der Waals surface area (Å²) in [6.07, 6.45) is -0.328. The SMILES string of the molecule is Cc1sc(NC(=O)C(C)(C)C)c(C(=O)OCC(=O)N(C)CC2COc3ccccc3O2)c1C. The lowest BCUT2D eigenvalue weighted by Crippen LogP contribution is -2.43. The maximum atomic E-state index is 12.8. The van der Waals surface area contributed by atoms with Crippen molar-refractivity contribution in [1.82, 2.24) is 4.90 Å². The van der Waals surface area contributed by atoms with Crippen molar-refractivity contribution in [2.24, 2.45) is 5.41 Å². The Hall–Kier alpha value is -3.07. The maximum absolute atomic E-state index is 12.8. The molecule has 1 aromatic carbocycles. The van der Waals surface area contributed by atoms with E-state index in [1.54, 1.807) is 34.7 Å². The Balaban J connectivity index is 1.58. The Kier molecular flexibility index (Phi) is 7.31. The van der Waals surface area contributed by atoms with Crippen molar-refractivity contribution in [3.05, 3.63) is 40.3 Å². The molecule has 2 heterocycles. The fourth-order valence-corrected chi connectivity index (χ4v) is 4.16. The van der Waals surface area contributed by atoms with Gasteiger partial charge in [0.05, 0.1) is 12.1 Å². The van der Waals surface area contributed by atoms with Crippen molar-refractivity contribution in [3.8, 4) is 11.5 Å². The minimum atomic E-state index is -0.644. The molecular formula is C24H30N2O6S. The minimum Gasteiger partial charge on any atom is -0.486 e. The predicted octanol–water partition coefficient (Wildman–Crippen LogP) is 3.80. The number of carbonyl (C=O) groups is 3. The van der Waals surface area contributed by atoms with Gasteiger partial charge in [0.1, 0.15) is 11.6 Å². The second-order valence-corrected chi connectivity index (χ2v) is 10.3. The van der Waals surface area contributed by atoms with Gasteiger partial charge in [0.25, 0.3) is 5.91 Å². The van der Waals surface area contributed by atoms with Crippen LogP contribution in [0.15, 0.2) is 24.3 Å². The number of anilines is 1. The van der Waals surface area contributed by atoms with E-state index in [1.165, 1.54) is 16.2 Å². The van der Waals surface area contributed by atoms with Gasteiger partial charge in [-0.2, -0.15) is 0 Å². The highest BCUT2D eigenvalue weighted by atomic mass is 32.1. The standard InChI is InChI=1S/C24H30N2O6S/c1-14-15(2)33-21(25-23(29)24(3,4)5)20(14)22(28)31-13-19(27)26(6)11-16-12-30-17-9-7-8-10-18(17)32-16/h7-10,16H,11-13H2,1-6H3,(H,25,29). The molecule has 33 heavy (non-hydrogen) atoms. The van der Waals surface area contributed by atoms with Gasteiger partial charge in [0.15, 0.2) is 24.2 Å². The van der Waals surface area contributed by atoms with E-state index in [1.807, 2.05) is 31.2 Å². The first-order valence-corrected chi connectivity index (χ1v) is 11.5. The Bertz CT molecular complexity index is 1060. The zero-order chi connectivity index (χ0) is 24.3. The first-order chi connectivity index (χ1) is 15.5. The number of thiophene rings is 1. The Labute approximate surface area is 197 Å². The zero-order valence-electron chi connectivity index (χ0n) is 19.8. The number of aryl methyl sites for hydroxylation is 1. The van der Waals surface area contributed by atoms with Gasteiger partial charge in [-0.05, 0) is 31.5 Å². The third kappa shape index (κ3) is 5.84. The van der Waals surface area contributed by atoms with Crippen molar-refractivity contribution < 1.29 is 28.6 Å². The number of benzene rings is 1. The molecule has 8 nitrogen and oxygen atoms in total. The van der Waals surface area contributed by atoms with Crippen LogP contribution in [0.4, 0.5) is 5.00 Å². The summed E-state index contributed by atoms with van der Waals surface area (Å²) in [5.74, 6) is 0.0937. The van der Waals surface area contributed by atoms with Crippen molar-refractivity contribution in [3.63, 3.8) is 0 Å². The summed E-state index contributed by atoms with van der Waals surface area (Å²) >= 11 is 1.31. The molecule has 0 bridgehead atoms. The minimum absolute atomic E-state index is 0.204. The summed E-state index contributed by atoms with van der Waals surface area (Å²) in [7, 11) is 1.62. The van der Waals surface area contributed by atoms with Gasteiger partial charge < -0.3 is 24.4 Å². The van der Waals surface area contributed by atoms with Gasteiger partial charge in [-0.1, -0.05) is 32.9 Å². The lowest BCUT2D eigenvalue weighted by Gasteiger charge is -2.29. The number of fused-ring (bicyclic) bond motifs is 1. The molecule has 1 N–H and O–H groups in total. The van der Waals surface area contributed by atoms with Crippen LogP contribution in [0.3, 0.4) is 0 Å². The van der Waals surface area contributed by atoms with Crippen molar-refractivity contribution in [1.29, 1.82) is 0 Å². The Morgan fingerprint density at radius 2 is 1.85 bits per heavy atom. The molecule has 0 radical (unpaired) electrons. The number of likely N-dealkylation sites (N-methyl/N-ethyl adjacent to an activating group) is 1. The van der Waals surface area contributed by atoms with Crippen LogP contribution in [-0.2, 0) is 14.3 Å². The number of nitrogens with zero attached hydrogens (tertiary/aromatic N) is 1. The highest BCUT2D eigenvalue weighted by Gasteiger charge is 2.28. The molecule has 1 aliphatic heterocycles. The molecule has 0 aliphatic carbocycles. The topological polar surface area (TPSA) is 94.2 Å². The van der Waals surface area contributed by atoms with Crippen LogP contribution in [0.25, 0.3) is 0 Å². The highest BCUT2D eigenvalue weighted by molar-refractivity contribution is 7.16. The van der Waals surface area contributed by atoms with Gasteiger partial charge in [-0.25, -0.2) is 4.79 Å². The second kappa shape index (κ2) is 9.82. The van der Waals surface area contributed by atoms with E-state index in [4.69, 9.17) is 14.2 Å². The lowest BCUT2D eigenvalue weighted by atomic mass is 9.96. The Morgan fingerprint density at radius 1 is 1.18 bits per heavy atom. The summed E-state index contributed by atoms with van der Waals surface area (Å²) in [6.45, 7) is 9.23. The molecule has 2 amide bonds. The van der Waals surface area contributed by atoms with Crippen molar-refractivity contribution in [2.75, 3.05) is 32.1 Å². The van der Waals surface area contributed by atoms with Crippen LogP contribution in [-0.4, -0.2) is 55.6 Å². The average molecular weight is 475 g/mol. The highest BCUT2D eigenvalue weighted by Crippen LogP contribution is 2.34. The second-order valence-electron chi connectivity index (χ2n) is 9.04. The summed E-state index contributed by atoms with van der Waals surface area (Å²) < 4.78 is 16.9. The summed E-state index contributed by atoms with van der Waals surface area (Å²) in [6, 6.07) is 7.35. The van der Waals surface area contributed by atoms with E-state index in [0.717, 1.165) is 10.4 Å². The predicted molar refractivity (Wildman–Crippen MR) is 126 cm³/mol. The molecule has 3 rings (SSSR count). The molecule has 178 valence electrons. The van der Waals surface area contributed by atoms with Crippen molar-refractivity contribution >= 4 is 34.1 Å². The van der Waals surface area contributed by atoms with E-state index >= 15 is 0 Å². The molecule has 0 fully saturated rings. The molecule has 1 aromatic heterocycles. The van der Waals surface area contributed by atoms with E-state index in [-0.39, 0.29) is 30.0 Å². The molecule has 0 saturated heterocycles. The molecular weight excluding hydrogens is 444 g/mol. The van der Waals surface area contributed by atoms with Gasteiger partial charge in [-0.3, -0.25) is 9.59 Å². The number of amides is 2. The number of carbonyl (C=O) groups excluding carboxylic acids is 3. The van der Waals surface area contributed by atoms with E-state index in [0.29, 0.717) is 23.1 Å². The monoisotopic (exact) mass is 474 g/mol. The van der Waals surface area contributed by atoms with E-state index in [2.05, 4.69) is 5.32 Å². The first-order valence-electron chi connectivity index (χ1n) is 10.7. The van der Waals surface area contributed by atoms with Crippen LogP contribution in [0.1, 0.15) is 41.6 Å². The van der Waals surface area contributed by atoms with Crippen LogP contribution in [0.5, 0.6) is 11.5 Å². The number of esters is 1. The van der Waals surface area contributed by atoms with Crippen LogP contribution in [0, 0.1) is 19.3 Å². The fraction of sp³-hybridized carbons (Fsp3) is 0.458. The van der Waals surface area contributed by atoms with Crippen LogP contribution in [0.2, 0.25) is 0 Å². The van der Waals surface area contributed by atoms with Crippen LogP contribution >= 0.6 is 11.3 Å². The fourth-order valence-electron chi connectivity index (χ4n) is 3.12. The third-order valence-corrected chi connectivity index (χ3v) is 6.42. The van der Waals surface area contributed by atoms with Gasteiger partial charge in [0, 0.05) is 17.3 Å². The zero-order valence-corrected chi connectivity index (χ0v) is 20.6. The normalized spacial score (nSPS) is 15.0. The third-order valence-electron chi connectivity index (χ3n) is 5.30. The number of para-hydroxylation sites is 2. The number of hydrogen-bond acceptors (Lipinski definition) is 7. The maximum Gasteiger partial charge on any atom is 0.341 e. The number of nitrogens with one attached hydrogen (secondary N) is 1. The number of hydrogen-bond donors (Lipinski definition) is 1. The number of ether oxygens (including phenoxy) is 3. The molecule has 1 atom stereocenters. The summed E-state index contributed by atoms with van der Waals surface area (Å²) in [5, 5.41) is 3.25. The van der Waals surface area contributed by atoms with E-state index < -0.39 is 18.0 Å².